The number of hydrogen-bond acceptors (Lipinski definition) is 2. The molecule has 0 fully saturated rings. The van der Waals surface area contributed by atoms with E-state index < -0.39 is 0 Å². The summed E-state index contributed by atoms with van der Waals surface area (Å²) >= 11 is 8.09. The molecule has 1 N–H and O–H groups in total. The number of amides is 1. The fraction of sp³-hybridized carbons (Fsp3) is 0.235. The molecule has 2 aromatic rings. The van der Waals surface area contributed by atoms with E-state index in [0.29, 0.717) is 17.1 Å². The van der Waals surface area contributed by atoms with Gasteiger partial charge >= 0.3 is 0 Å². The predicted molar refractivity (Wildman–Crippen MR) is 101 cm³/mol. The van der Waals surface area contributed by atoms with Crippen molar-refractivity contribution in [3.05, 3.63) is 62.7 Å². The third-order valence-corrected chi connectivity index (χ3v) is 4.50. The highest BCUT2D eigenvalue weighted by atomic mass is 127. The molecule has 3 nitrogen and oxygen atoms in total. The molecule has 22 heavy (non-hydrogen) atoms. The largest absolute Gasteiger partial charge is 0.375 e. The number of para-hydroxylation sites is 1. The lowest BCUT2D eigenvalue weighted by molar-refractivity contribution is 0.0952. The van der Waals surface area contributed by atoms with E-state index in [1.165, 1.54) is 5.69 Å². The summed E-state index contributed by atoms with van der Waals surface area (Å²) < 4.78 is 0.904. The van der Waals surface area contributed by atoms with Gasteiger partial charge in [0.1, 0.15) is 0 Å². The van der Waals surface area contributed by atoms with Gasteiger partial charge in [-0.2, -0.15) is 0 Å². The van der Waals surface area contributed by atoms with E-state index in [1.54, 1.807) is 12.1 Å². The SMILES string of the molecule is CN(CCCNC(=O)c1cc(Cl)ccc1I)c1ccccc1. The van der Waals surface area contributed by atoms with Gasteiger partial charge in [-0.25, -0.2) is 0 Å². The Bertz CT molecular complexity index is 634. The number of nitrogens with zero attached hydrogens (tertiary/aromatic N) is 1. The standard InChI is InChI=1S/C17H18ClIN2O/c1-21(14-6-3-2-4-7-14)11-5-10-20-17(22)15-12-13(18)8-9-16(15)19/h2-4,6-9,12H,5,10-11H2,1H3,(H,20,22). The number of rotatable bonds is 6. The van der Waals surface area contributed by atoms with Crippen LogP contribution in [-0.2, 0) is 0 Å². The average molecular weight is 429 g/mol. The number of carbonyl (C=O) groups is 1. The molecular formula is C17H18ClIN2O. The van der Waals surface area contributed by atoms with Crippen molar-refractivity contribution in [1.82, 2.24) is 5.32 Å². The van der Waals surface area contributed by atoms with Crippen LogP contribution in [0.1, 0.15) is 16.8 Å². The van der Waals surface area contributed by atoms with E-state index in [0.717, 1.165) is 16.5 Å². The van der Waals surface area contributed by atoms with Crippen molar-refractivity contribution in [2.75, 3.05) is 25.0 Å². The van der Waals surface area contributed by atoms with Crippen LogP contribution in [0.4, 0.5) is 5.69 Å². The van der Waals surface area contributed by atoms with Crippen molar-refractivity contribution in [1.29, 1.82) is 0 Å². The second kappa shape index (κ2) is 8.39. The topological polar surface area (TPSA) is 32.3 Å². The average Bonchev–Trinajstić information content (AvgIpc) is 2.54. The smallest absolute Gasteiger partial charge is 0.252 e. The van der Waals surface area contributed by atoms with Gasteiger partial charge in [-0.1, -0.05) is 29.8 Å². The number of nitrogens with one attached hydrogen (secondary N) is 1. The molecule has 1 amide bonds. The van der Waals surface area contributed by atoms with Crippen LogP contribution in [-0.4, -0.2) is 26.0 Å². The van der Waals surface area contributed by atoms with Crippen molar-refractivity contribution < 1.29 is 4.79 Å². The first kappa shape index (κ1) is 17.1. The number of carbonyl (C=O) groups excluding carboxylic acids is 1. The molecule has 0 aliphatic rings. The van der Waals surface area contributed by atoms with E-state index in [9.17, 15) is 4.79 Å². The van der Waals surface area contributed by atoms with E-state index in [2.05, 4.69) is 52.0 Å². The molecule has 0 aliphatic carbocycles. The van der Waals surface area contributed by atoms with Gasteiger partial charge in [-0.3, -0.25) is 4.79 Å². The molecule has 0 bridgehead atoms. The molecule has 0 saturated carbocycles. The van der Waals surface area contributed by atoms with Crippen molar-refractivity contribution in [2.24, 2.45) is 0 Å². The number of halogens is 2. The van der Waals surface area contributed by atoms with E-state index >= 15 is 0 Å². The summed E-state index contributed by atoms with van der Waals surface area (Å²) in [5.74, 6) is -0.0748. The van der Waals surface area contributed by atoms with Crippen LogP contribution >= 0.6 is 34.2 Å². The maximum atomic E-state index is 12.1. The molecule has 0 saturated heterocycles. The second-order valence-electron chi connectivity index (χ2n) is 4.99. The first-order chi connectivity index (χ1) is 10.6. The summed E-state index contributed by atoms with van der Waals surface area (Å²) in [7, 11) is 2.05. The van der Waals surface area contributed by atoms with Gasteiger partial charge in [0.15, 0.2) is 0 Å². The Kier molecular flexibility index (Phi) is 6.51. The van der Waals surface area contributed by atoms with Gasteiger partial charge in [0.05, 0.1) is 5.56 Å². The van der Waals surface area contributed by atoms with Crippen LogP contribution in [0.3, 0.4) is 0 Å². The van der Waals surface area contributed by atoms with Crippen molar-refractivity contribution in [3.8, 4) is 0 Å². The third-order valence-electron chi connectivity index (χ3n) is 3.33. The minimum atomic E-state index is -0.0748. The fourth-order valence-corrected chi connectivity index (χ4v) is 2.85. The highest BCUT2D eigenvalue weighted by Gasteiger charge is 2.10. The van der Waals surface area contributed by atoms with Crippen LogP contribution in [0, 0.1) is 3.57 Å². The van der Waals surface area contributed by atoms with Crippen molar-refractivity contribution in [2.45, 2.75) is 6.42 Å². The Balaban J connectivity index is 1.79. The van der Waals surface area contributed by atoms with Gasteiger partial charge in [-0.05, 0) is 59.3 Å². The lowest BCUT2D eigenvalue weighted by atomic mass is 10.2. The molecule has 0 radical (unpaired) electrons. The molecule has 0 atom stereocenters. The van der Waals surface area contributed by atoms with Gasteiger partial charge in [0.2, 0.25) is 0 Å². The zero-order valence-corrected chi connectivity index (χ0v) is 15.3. The second-order valence-corrected chi connectivity index (χ2v) is 6.59. The molecule has 2 rings (SSSR count). The molecule has 116 valence electrons. The van der Waals surface area contributed by atoms with E-state index in [-0.39, 0.29) is 5.91 Å². The fourth-order valence-electron chi connectivity index (χ4n) is 2.10. The number of anilines is 1. The third kappa shape index (κ3) is 4.88. The van der Waals surface area contributed by atoms with Gasteiger partial charge in [0.25, 0.3) is 5.91 Å². The minimum absolute atomic E-state index is 0.0748. The van der Waals surface area contributed by atoms with Gasteiger partial charge in [-0.15, -0.1) is 0 Å². The minimum Gasteiger partial charge on any atom is -0.375 e. The zero-order chi connectivity index (χ0) is 15.9. The Hall–Kier alpha value is -1.27. The maximum absolute atomic E-state index is 12.1. The van der Waals surface area contributed by atoms with Gasteiger partial charge in [0, 0.05) is 34.4 Å². The Morgan fingerprint density at radius 3 is 2.68 bits per heavy atom. The lowest BCUT2D eigenvalue weighted by Gasteiger charge is -2.19. The van der Waals surface area contributed by atoms with Crippen LogP contribution in [0.25, 0.3) is 0 Å². The first-order valence-electron chi connectivity index (χ1n) is 7.07. The molecule has 0 heterocycles. The Labute approximate surface area is 149 Å². The van der Waals surface area contributed by atoms with Crippen molar-refractivity contribution >= 4 is 45.8 Å². The Morgan fingerprint density at radius 1 is 1.23 bits per heavy atom. The summed E-state index contributed by atoms with van der Waals surface area (Å²) in [5, 5.41) is 3.52. The zero-order valence-electron chi connectivity index (χ0n) is 12.4. The summed E-state index contributed by atoms with van der Waals surface area (Å²) in [6.45, 7) is 1.52. The quantitative estimate of drug-likeness (QED) is 0.552. The van der Waals surface area contributed by atoms with E-state index in [1.807, 2.05) is 24.3 Å². The molecule has 0 spiro atoms. The highest BCUT2D eigenvalue weighted by Crippen LogP contribution is 2.17. The molecule has 5 heteroatoms. The molecule has 0 aliphatic heterocycles. The summed E-state index contributed by atoms with van der Waals surface area (Å²) in [6.07, 6.45) is 0.883. The highest BCUT2D eigenvalue weighted by molar-refractivity contribution is 14.1. The first-order valence-corrected chi connectivity index (χ1v) is 8.53. The summed E-state index contributed by atoms with van der Waals surface area (Å²) in [5.41, 5.74) is 1.81. The maximum Gasteiger partial charge on any atom is 0.252 e. The molecule has 2 aromatic carbocycles. The number of benzene rings is 2. The van der Waals surface area contributed by atoms with Crippen LogP contribution in [0.15, 0.2) is 48.5 Å². The monoisotopic (exact) mass is 428 g/mol. The normalized spacial score (nSPS) is 10.3. The Morgan fingerprint density at radius 2 is 1.95 bits per heavy atom. The molecule has 0 unspecified atom stereocenters. The number of hydrogen-bond donors (Lipinski definition) is 1. The predicted octanol–water partition coefficient (Wildman–Crippen LogP) is 4.20. The van der Waals surface area contributed by atoms with Crippen molar-refractivity contribution in [3.63, 3.8) is 0 Å². The lowest BCUT2D eigenvalue weighted by Crippen LogP contribution is -2.28. The van der Waals surface area contributed by atoms with Crippen LogP contribution < -0.4 is 10.2 Å². The molecule has 0 aromatic heterocycles. The van der Waals surface area contributed by atoms with Gasteiger partial charge < -0.3 is 10.2 Å². The summed E-state index contributed by atoms with van der Waals surface area (Å²) in [4.78, 5) is 14.3. The van der Waals surface area contributed by atoms with Crippen LogP contribution in [0.2, 0.25) is 5.02 Å². The van der Waals surface area contributed by atoms with E-state index in [4.69, 9.17) is 11.6 Å². The van der Waals surface area contributed by atoms with Crippen LogP contribution in [0.5, 0.6) is 0 Å². The molecular weight excluding hydrogens is 411 g/mol. The summed E-state index contributed by atoms with van der Waals surface area (Å²) in [6, 6.07) is 15.5.